The largest absolute Gasteiger partial charge is 0.507 e. The Labute approximate surface area is 191 Å². The molecule has 0 atom stereocenters. The molecule has 2 aromatic carbocycles. The van der Waals surface area contributed by atoms with Gasteiger partial charge in [0.1, 0.15) is 5.75 Å². The molecule has 11 nitrogen and oxygen atoms in total. The molecular weight excluding hydrogens is 480 g/mol. The average molecular weight is 499 g/mol. The highest BCUT2D eigenvalue weighted by Crippen LogP contribution is 2.23. The number of nitro benzene ring substituents is 1. The van der Waals surface area contributed by atoms with Gasteiger partial charge in [-0.2, -0.15) is 20.1 Å². The zero-order chi connectivity index (χ0) is 22.5. The molecule has 0 saturated carbocycles. The van der Waals surface area contributed by atoms with Crippen LogP contribution < -0.4 is 15.6 Å². The van der Waals surface area contributed by atoms with Crippen molar-refractivity contribution < 1.29 is 10.0 Å². The van der Waals surface area contributed by atoms with E-state index < -0.39 is 4.92 Å². The SMILES string of the molecule is O=[N+]([O-])c1ccc(Nc2nc(N/N=C\c3cc(Br)ccc3O)nc(N3CCCC3)n2)cc1. The number of non-ortho nitro benzene ring substituents is 1. The molecule has 1 aliphatic heterocycles. The first-order chi connectivity index (χ1) is 15.5. The van der Waals surface area contributed by atoms with Crippen LogP contribution >= 0.6 is 15.9 Å². The lowest BCUT2D eigenvalue weighted by molar-refractivity contribution is -0.384. The molecular formula is C20H19BrN8O3. The van der Waals surface area contributed by atoms with E-state index in [0.29, 0.717) is 17.2 Å². The van der Waals surface area contributed by atoms with Crippen LogP contribution in [0.4, 0.5) is 29.2 Å². The number of anilines is 4. The molecule has 4 rings (SSSR count). The molecule has 2 heterocycles. The van der Waals surface area contributed by atoms with E-state index in [1.54, 1.807) is 30.3 Å². The fourth-order valence-corrected chi connectivity index (χ4v) is 3.49. The third kappa shape index (κ3) is 5.27. The van der Waals surface area contributed by atoms with Gasteiger partial charge in [0.15, 0.2) is 0 Å². The normalized spacial score (nSPS) is 13.5. The highest BCUT2D eigenvalue weighted by atomic mass is 79.9. The predicted octanol–water partition coefficient (Wildman–Crippen LogP) is 4.04. The fraction of sp³-hybridized carbons (Fsp3) is 0.200. The van der Waals surface area contributed by atoms with E-state index >= 15 is 0 Å². The van der Waals surface area contributed by atoms with Crippen LogP contribution in [0.15, 0.2) is 52.0 Å². The van der Waals surface area contributed by atoms with E-state index in [0.717, 1.165) is 30.4 Å². The van der Waals surface area contributed by atoms with Gasteiger partial charge < -0.3 is 15.3 Å². The number of hydrogen-bond donors (Lipinski definition) is 3. The lowest BCUT2D eigenvalue weighted by atomic mass is 10.2. The number of hydrogen-bond acceptors (Lipinski definition) is 10. The second-order valence-corrected chi connectivity index (χ2v) is 7.89. The maximum atomic E-state index is 10.9. The molecule has 32 heavy (non-hydrogen) atoms. The summed E-state index contributed by atoms with van der Waals surface area (Å²) in [5.41, 5.74) is 3.89. The zero-order valence-corrected chi connectivity index (χ0v) is 18.4. The standard InChI is InChI=1S/C20H19BrN8O3/c21-14-3-8-17(30)13(11-14)12-22-27-19-24-18(25-20(26-19)28-9-1-2-10-28)23-15-4-6-16(7-5-15)29(31)32/h3-8,11-12,30H,1-2,9-10H2,(H2,23,24,25,26,27)/b22-12-. The van der Waals surface area contributed by atoms with Crippen LogP contribution in [0.3, 0.4) is 0 Å². The minimum atomic E-state index is -0.457. The quantitative estimate of drug-likeness (QED) is 0.249. The molecule has 1 aliphatic rings. The number of hydrazone groups is 1. The maximum Gasteiger partial charge on any atom is 0.269 e. The summed E-state index contributed by atoms with van der Waals surface area (Å²) in [7, 11) is 0. The lowest BCUT2D eigenvalue weighted by Crippen LogP contribution is -2.21. The Hall–Kier alpha value is -3.80. The van der Waals surface area contributed by atoms with Crippen LogP contribution in [0.25, 0.3) is 0 Å². The molecule has 12 heteroatoms. The number of nitro groups is 1. The number of phenolic OH excluding ortho intramolecular Hbond substituents is 1. The number of benzene rings is 2. The van der Waals surface area contributed by atoms with Crippen molar-refractivity contribution in [2.75, 3.05) is 28.7 Å². The van der Waals surface area contributed by atoms with Gasteiger partial charge in [0, 0.05) is 40.9 Å². The summed E-state index contributed by atoms with van der Waals surface area (Å²) < 4.78 is 0.808. The van der Waals surface area contributed by atoms with Crippen molar-refractivity contribution in [2.45, 2.75) is 12.8 Å². The smallest absolute Gasteiger partial charge is 0.269 e. The highest BCUT2D eigenvalue weighted by molar-refractivity contribution is 9.10. The third-order valence-electron chi connectivity index (χ3n) is 4.70. The van der Waals surface area contributed by atoms with E-state index in [1.165, 1.54) is 18.3 Å². The van der Waals surface area contributed by atoms with Crippen molar-refractivity contribution in [2.24, 2.45) is 5.10 Å². The van der Waals surface area contributed by atoms with Crippen molar-refractivity contribution in [3.8, 4) is 5.75 Å². The second kappa shape index (κ2) is 9.56. The lowest BCUT2D eigenvalue weighted by Gasteiger charge is -2.16. The number of nitrogens with one attached hydrogen (secondary N) is 2. The van der Waals surface area contributed by atoms with Crippen LogP contribution in [0.2, 0.25) is 0 Å². The van der Waals surface area contributed by atoms with Crippen molar-refractivity contribution >= 4 is 51.4 Å². The molecule has 0 radical (unpaired) electrons. The average Bonchev–Trinajstić information content (AvgIpc) is 3.31. The molecule has 0 spiro atoms. The van der Waals surface area contributed by atoms with Gasteiger partial charge >= 0.3 is 0 Å². The number of phenols is 1. The zero-order valence-electron chi connectivity index (χ0n) is 16.8. The summed E-state index contributed by atoms with van der Waals surface area (Å²) in [4.78, 5) is 25.7. The molecule has 1 aromatic heterocycles. The molecule has 0 amide bonds. The summed E-state index contributed by atoms with van der Waals surface area (Å²) in [5, 5.41) is 28.0. The van der Waals surface area contributed by atoms with Gasteiger partial charge in [0.2, 0.25) is 17.8 Å². The topological polar surface area (TPSA) is 142 Å². The number of rotatable bonds is 7. The summed E-state index contributed by atoms with van der Waals surface area (Å²) >= 11 is 3.36. The summed E-state index contributed by atoms with van der Waals surface area (Å²) in [5.74, 6) is 1.09. The van der Waals surface area contributed by atoms with E-state index in [1.807, 2.05) is 0 Å². The molecule has 1 fully saturated rings. The molecule has 3 aromatic rings. The number of aromatic hydroxyl groups is 1. The second-order valence-electron chi connectivity index (χ2n) is 6.98. The van der Waals surface area contributed by atoms with Gasteiger partial charge in [0.05, 0.1) is 11.1 Å². The molecule has 0 bridgehead atoms. The minimum absolute atomic E-state index is 0.00329. The fourth-order valence-electron chi connectivity index (χ4n) is 3.11. The van der Waals surface area contributed by atoms with Crippen LogP contribution in [-0.2, 0) is 0 Å². The Morgan fingerprint density at radius 3 is 2.53 bits per heavy atom. The minimum Gasteiger partial charge on any atom is -0.507 e. The van der Waals surface area contributed by atoms with E-state index in [9.17, 15) is 15.2 Å². The summed E-state index contributed by atoms with van der Waals surface area (Å²) in [6.45, 7) is 1.69. The number of nitrogens with zero attached hydrogens (tertiary/aromatic N) is 6. The van der Waals surface area contributed by atoms with Crippen LogP contribution in [0.5, 0.6) is 5.75 Å². The van der Waals surface area contributed by atoms with Gasteiger partial charge in [0.25, 0.3) is 5.69 Å². The monoisotopic (exact) mass is 498 g/mol. The molecule has 164 valence electrons. The van der Waals surface area contributed by atoms with Crippen LogP contribution in [0.1, 0.15) is 18.4 Å². The Balaban J connectivity index is 1.57. The van der Waals surface area contributed by atoms with Gasteiger partial charge in [-0.05, 0) is 43.2 Å². The van der Waals surface area contributed by atoms with Crippen LogP contribution in [-0.4, -0.2) is 44.3 Å². The van der Waals surface area contributed by atoms with Gasteiger partial charge in [-0.1, -0.05) is 15.9 Å². The number of aromatic nitrogens is 3. The van der Waals surface area contributed by atoms with Crippen molar-refractivity contribution in [1.29, 1.82) is 0 Å². The van der Waals surface area contributed by atoms with Gasteiger partial charge in [-0.3, -0.25) is 10.1 Å². The van der Waals surface area contributed by atoms with Crippen LogP contribution in [0, 0.1) is 10.1 Å². The molecule has 1 saturated heterocycles. The molecule has 3 N–H and O–H groups in total. The Kier molecular flexibility index (Phi) is 6.40. The van der Waals surface area contributed by atoms with Crippen molar-refractivity contribution in [1.82, 2.24) is 15.0 Å². The predicted molar refractivity (Wildman–Crippen MR) is 125 cm³/mol. The third-order valence-corrected chi connectivity index (χ3v) is 5.20. The Morgan fingerprint density at radius 1 is 1.09 bits per heavy atom. The maximum absolute atomic E-state index is 10.9. The van der Waals surface area contributed by atoms with E-state index in [2.05, 4.69) is 51.6 Å². The van der Waals surface area contributed by atoms with E-state index in [-0.39, 0.29) is 23.3 Å². The van der Waals surface area contributed by atoms with E-state index in [4.69, 9.17) is 0 Å². The first kappa shape index (κ1) is 21.4. The molecule has 0 unspecified atom stereocenters. The first-order valence-corrected chi connectivity index (χ1v) is 10.6. The Morgan fingerprint density at radius 2 is 1.81 bits per heavy atom. The first-order valence-electron chi connectivity index (χ1n) is 9.78. The van der Waals surface area contributed by atoms with Crippen molar-refractivity contribution in [3.05, 3.63) is 62.6 Å². The number of halogens is 1. The summed E-state index contributed by atoms with van der Waals surface area (Å²) in [6.07, 6.45) is 3.57. The summed E-state index contributed by atoms with van der Waals surface area (Å²) in [6, 6.07) is 11.0. The molecule has 0 aliphatic carbocycles. The highest BCUT2D eigenvalue weighted by Gasteiger charge is 2.17. The van der Waals surface area contributed by atoms with Gasteiger partial charge in [-0.15, -0.1) is 0 Å². The van der Waals surface area contributed by atoms with Gasteiger partial charge in [-0.25, -0.2) is 5.43 Å². The Bertz CT molecular complexity index is 1150. The van der Waals surface area contributed by atoms with Crippen molar-refractivity contribution in [3.63, 3.8) is 0 Å².